The van der Waals surface area contributed by atoms with Gasteiger partial charge in [-0.25, -0.2) is 4.79 Å². The van der Waals surface area contributed by atoms with Gasteiger partial charge in [-0.05, 0) is 13.0 Å². The number of carbonyl (C=O) groups is 3. The number of β-lactam (4-membered cyclic amide) rings is 1. The summed E-state index contributed by atoms with van der Waals surface area (Å²) in [6.45, 7) is 0.649. The molecule has 0 spiro atoms. The van der Waals surface area contributed by atoms with Crippen molar-refractivity contribution in [2.45, 2.75) is 24.9 Å². The van der Waals surface area contributed by atoms with E-state index in [0.29, 0.717) is 12.1 Å². The van der Waals surface area contributed by atoms with E-state index in [4.69, 9.17) is 9.84 Å². The number of ether oxygens (including phenoxy) is 2. The zero-order chi connectivity index (χ0) is 14.4. The lowest BCUT2D eigenvalue weighted by Gasteiger charge is -2.48. The van der Waals surface area contributed by atoms with Gasteiger partial charge in [-0.15, -0.1) is 0 Å². The van der Waals surface area contributed by atoms with E-state index in [1.807, 2.05) is 0 Å². The molecule has 2 fully saturated rings. The molecular formula is C12H14N2O6. The van der Waals surface area contributed by atoms with Gasteiger partial charge in [0.05, 0.1) is 19.6 Å². The van der Waals surface area contributed by atoms with Crippen molar-refractivity contribution in [2.75, 3.05) is 13.7 Å². The van der Waals surface area contributed by atoms with Crippen LogP contribution in [0.1, 0.15) is 12.8 Å². The van der Waals surface area contributed by atoms with E-state index in [1.165, 1.54) is 12.0 Å². The van der Waals surface area contributed by atoms with Crippen LogP contribution in [0.3, 0.4) is 0 Å². The highest BCUT2D eigenvalue weighted by Crippen LogP contribution is 2.47. The Morgan fingerprint density at radius 2 is 2.25 bits per heavy atom. The van der Waals surface area contributed by atoms with Gasteiger partial charge in [0, 0.05) is 11.5 Å². The summed E-state index contributed by atoms with van der Waals surface area (Å²) < 4.78 is 9.37. The molecule has 1 unspecified atom stereocenters. The van der Waals surface area contributed by atoms with Gasteiger partial charge in [-0.2, -0.15) is 0 Å². The van der Waals surface area contributed by atoms with Crippen molar-refractivity contribution in [1.29, 1.82) is 0 Å². The molecular weight excluding hydrogens is 268 g/mol. The Labute approximate surface area is 114 Å². The van der Waals surface area contributed by atoms with E-state index >= 15 is 0 Å². The standard InChI is InChI=1S/C12H14N2O6/c1-19-7(15)4-6-5-2-3-13-8-9(5)14(10(8)16)11(6)20-12(17)18/h5,8-9,13H,2-4H2,1H3,(H,17,18)/t5?,8-,9+/m0/s1. The number of carbonyl (C=O) groups excluding carboxylic acids is 2. The normalized spacial score (nSPS) is 30.8. The van der Waals surface area contributed by atoms with E-state index in [2.05, 4.69) is 10.1 Å². The summed E-state index contributed by atoms with van der Waals surface area (Å²) >= 11 is 0. The maximum absolute atomic E-state index is 12.0. The van der Waals surface area contributed by atoms with E-state index in [9.17, 15) is 14.4 Å². The first kappa shape index (κ1) is 12.9. The molecule has 8 nitrogen and oxygen atoms in total. The molecule has 3 aliphatic rings. The SMILES string of the molecule is COC(=O)CC1=C(OC(=O)O)N2C(=O)[C@H]3NCCC1[C@H]32. The zero-order valence-electron chi connectivity index (χ0n) is 10.8. The third-order valence-corrected chi connectivity index (χ3v) is 4.06. The molecule has 3 aliphatic heterocycles. The monoisotopic (exact) mass is 282 g/mol. The molecule has 0 aromatic carbocycles. The molecule has 3 rings (SSSR count). The van der Waals surface area contributed by atoms with Crippen molar-refractivity contribution in [1.82, 2.24) is 10.2 Å². The molecule has 0 bridgehead atoms. The molecule has 0 saturated carbocycles. The fourth-order valence-corrected chi connectivity index (χ4v) is 3.26. The van der Waals surface area contributed by atoms with Gasteiger partial charge < -0.3 is 19.9 Å². The van der Waals surface area contributed by atoms with Gasteiger partial charge in [-0.1, -0.05) is 0 Å². The smallest absolute Gasteiger partial charge is 0.469 e. The van der Waals surface area contributed by atoms with Crippen LogP contribution in [0.4, 0.5) is 4.79 Å². The lowest BCUT2D eigenvalue weighted by Crippen LogP contribution is -2.71. The van der Waals surface area contributed by atoms with Crippen LogP contribution in [0.5, 0.6) is 0 Å². The van der Waals surface area contributed by atoms with Crippen LogP contribution >= 0.6 is 0 Å². The number of hydrogen-bond acceptors (Lipinski definition) is 6. The number of nitrogens with one attached hydrogen (secondary N) is 1. The zero-order valence-corrected chi connectivity index (χ0v) is 10.8. The van der Waals surface area contributed by atoms with Gasteiger partial charge in [0.1, 0.15) is 6.04 Å². The minimum Gasteiger partial charge on any atom is -0.469 e. The Morgan fingerprint density at radius 3 is 2.90 bits per heavy atom. The topological polar surface area (TPSA) is 105 Å². The second-order valence-corrected chi connectivity index (χ2v) is 4.98. The molecule has 3 heterocycles. The summed E-state index contributed by atoms with van der Waals surface area (Å²) in [5.74, 6) is -0.748. The summed E-state index contributed by atoms with van der Waals surface area (Å²) in [6.07, 6.45) is -0.828. The lowest BCUT2D eigenvalue weighted by atomic mass is 9.79. The third-order valence-electron chi connectivity index (χ3n) is 4.06. The number of amides is 1. The Bertz CT molecular complexity index is 528. The van der Waals surface area contributed by atoms with E-state index in [0.717, 1.165) is 6.42 Å². The first-order valence-electron chi connectivity index (χ1n) is 6.31. The Kier molecular flexibility index (Phi) is 2.89. The fraction of sp³-hybridized carbons (Fsp3) is 0.583. The first-order chi connectivity index (χ1) is 9.54. The Morgan fingerprint density at radius 1 is 1.50 bits per heavy atom. The largest absolute Gasteiger partial charge is 0.512 e. The van der Waals surface area contributed by atoms with Crippen LogP contribution in [0.2, 0.25) is 0 Å². The highest BCUT2D eigenvalue weighted by molar-refractivity contribution is 5.93. The van der Waals surface area contributed by atoms with Gasteiger partial charge in [0.15, 0.2) is 0 Å². The second-order valence-electron chi connectivity index (χ2n) is 4.98. The van der Waals surface area contributed by atoms with Crippen LogP contribution in [0.25, 0.3) is 0 Å². The summed E-state index contributed by atoms with van der Waals surface area (Å²) in [6, 6.07) is -0.457. The second kappa shape index (κ2) is 4.48. The number of esters is 1. The van der Waals surface area contributed by atoms with Crippen LogP contribution < -0.4 is 5.32 Å². The first-order valence-corrected chi connectivity index (χ1v) is 6.31. The van der Waals surface area contributed by atoms with Gasteiger partial charge in [0.2, 0.25) is 11.8 Å². The van der Waals surface area contributed by atoms with Crippen LogP contribution in [-0.4, -0.2) is 53.8 Å². The average Bonchev–Trinajstić information content (AvgIpc) is 2.70. The minimum atomic E-state index is -1.50. The molecule has 1 amide bonds. The van der Waals surface area contributed by atoms with Crippen molar-refractivity contribution in [3.05, 3.63) is 11.5 Å². The molecule has 3 atom stereocenters. The molecule has 0 aliphatic carbocycles. The number of hydrogen-bond donors (Lipinski definition) is 2. The van der Waals surface area contributed by atoms with E-state index < -0.39 is 12.1 Å². The van der Waals surface area contributed by atoms with E-state index in [-0.39, 0.29) is 36.2 Å². The van der Waals surface area contributed by atoms with Crippen molar-refractivity contribution in [2.24, 2.45) is 5.92 Å². The molecule has 8 heteroatoms. The number of nitrogens with zero attached hydrogens (tertiary/aromatic N) is 1. The predicted octanol–water partition coefficient (Wildman–Crippen LogP) is -0.342. The third kappa shape index (κ3) is 1.68. The molecule has 108 valence electrons. The quantitative estimate of drug-likeness (QED) is 0.538. The maximum atomic E-state index is 12.0. The molecule has 0 radical (unpaired) electrons. The van der Waals surface area contributed by atoms with Crippen molar-refractivity contribution in [3.63, 3.8) is 0 Å². The van der Waals surface area contributed by atoms with Gasteiger partial charge >= 0.3 is 12.1 Å². The van der Waals surface area contributed by atoms with Gasteiger partial charge in [0.25, 0.3) is 0 Å². The number of rotatable bonds is 3. The van der Waals surface area contributed by atoms with E-state index in [1.54, 1.807) is 0 Å². The van der Waals surface area contributed by atoms with Crippen LogP contribution in [-0.2, 0) is 19.1 Å². The highest BCUT2D eigenvalue weighted by Gasteiger charge is 2.61. The van der Waals surface area contributed by atoms with Crippen molar-refractivity contribution < 1.29 is 29.0 Å². The molecule has 2 N–H and O–H groups in total. The average molecular weight is 282 g/mol. The number of methoxy groups -OCH3 is 1. The molecule has 0 aromatic rings. The van der Waals surface area contributed by atoms with Gasteiger partial charge in [-0.3, -0.25) is 14.5 Å². The fourth-order valence-electron chi connectivity index (χ4n) is 3.26. The summed E-state index contributed by atoms with van der Waals surface area (Å²) in [5.41, 5.74) is 0.543. The van der Waals surface area contributed by atoms with Crippen LogP contribution in [0, 0.1) is 5.92 Å². The molecule has 20 heavy (non-hydrogen) atoms. The lowest BCUT2D eigenvalue weighted by molar-refractivity contribution is -0.152. The Balaban J connectivity index is 1.95. The number of carboxylic acid groups (broad SMARTS) is 1. The predicted molar refractivity (Wildman–Crippen MR) is 63.3 cm³/mol. The van der Waals surface area contributed by atoms with Crippen molar-refractivity contribution in [3.8, 4) is 0 Å². The molecule has 0 aromatic heterocycles. The number of piperidine rings is 1. The summed E-state index contributed by atoms with van der Waals surface area (Å²) in [7, 11) is 1.26. The Hall–Kier alpha value is -2.09. The minimum absolute atomic E-state index is 0.0112. The molecule has 2 saturated heterocycles. The van der Waals surface area contributed by atoms with Crippen LogP contribution in [0.15, 0.2) is 11.5 Å². The maximum Gasteiger partial charge on any atom is 0.512 e. The summed E-state index contributed by atoms with van der Waals surface area (Å²) in [5, 5.41) is 11.9. The highest BCUT2D eigenvalue weighted by atomic mass is 16.7. The van der Waals surface area contributed by atoms with Crippen molar-refractivity contribution >= 4 is 18.0 Å². The summed E-state index contributed by atoms with van der Waals surface area (Å²) in [4.78, 5) is 35.6.